The summed E-state index contributed by atoms with van der Waals surface area (Å²) < 4.78 is 0. The molecule has 2 rings (SSSR count). The van der Waals surface area contributed by atoms with Gasteiger partial charge < -0.3 is 10.6 Å². The maximum absolute atomic E-state index is 12.0. The number of nitrogens with one attached hydrogen (secondary N) is 3. The molecule has 4 N–H and O–H groups in total. The molecule has 9 heteroatoms. The SMILES string of the molecule is Cl.O=C(/C=C/c1cnc(NCCNC(=O)C2CCCCC2)c(Cl)c1)NO. The molecule has 0 aromatic carbocycles. The Labute approximate surface area is 164 Å². The van der Waals surface area contributed by atoms with Gasteiger partial charge in [-0.2, -0.15) is 0 Å². The normalized spacial score (nSPS) is 14.5. The summed E-state index contributed by atoms with van der Waals surface area (Å²) >= 11 is 6.15. The van der Waals surface area contributed by atoms with Crippen molar-refractivity contribution in [1.29, 1.82) is 0 Å². The number of aromatic nitrogens is 1. The van der Waals surface area contributed by atoms with Crippen LogP contribution in [0.15, 0.2) is 18.3 Å². The minimum atomic E-state index is -0.632. The summed E-state index contributed by atoms with van der Waals surface area (Å²) in [6, 6.07) is 1.65. The number of carbonyl (C=O) groups is 2. The number of hydroxylamine groups is 1. The summed E-state index contributed by atoms with van der Waals surface area (Å²) in [5.41, 5.74) is 2.13. The van der Waals surface area contributed by atoms with Crippen molar-refractivity contribution >= 4 is 47.7 Å². The van der Waals surface area contributed by atoms with E-state index in [-0.39, 0.29) is 24.2 Å². The third kappa shape index (κ3) is 7.19. The van der Waals surface area contributed by atoms with Crippen molar-refractivity contribution in [2.45, 2.75) is 32.1 Å². The summed E-state index contributed by atoms with van der Waals surface area (Å²) in [5, 5.41) is 14.8. The molecular weight excluding hydrogens is 379 g/mol. The fourth-order valence-corrected chi connectivity index (χ4v) is 3.00. The Bertz CT molecular complexity index is 634. The van der Waals surface area contributed by atoms with Crippen LogP contribution in [-0.4, -0.2) is 35.1 Å². The lowest BCUT2D eigenvalue weighted by atomic mass is 9.89. The van der Waals surface area contributed by atoms with Crippen molar-refractivity contribution in [3.63, 3.8) is 0 Å². The fourth-order valence-electron chi connectivity index (χ4n) is 2.76. The second kappa shape index (κ2) is 11.7. The van der Waals surface area contributed by atoms with Gasteiger partial charge in [0.25, 0.3) is 5.91 Å². The lowest BCUT2D eigenvalue weighted by Gasteiger charge is -2.20. The van der Waals surface area contributed by atoms with E-state index in [1.807, 2.05) is 0 Å². The van der Waals surface area contributed by atoms with Crippen LogP contribution in [0.25, 0.3) is 6.08 Å². The van der Waals surface area contributed by atoms with Gasteiger partial charge in [0.15, 0.2) is 0 Å². The van der Waals surface area contributed by atoms with Crippen LogP contribution in [0.1, 0.15) is 37.7 Å². The predicted molar refractivity (Wildman–Crippen MR) is 104 cm³/mol. The van der Waals surface area contributed by atoms with Gasteiger partial charge in [0.1, 0.15) is 5.82 Å². The molecule has 1 aromatic rings. The molecule has 0 aliphatic heterocycles. The zero-order valence-electron chi connectivity index (χ0n) is 14.3. The summed E-state index contributed by atoms with van der Waals surface area (Å²) in [6.45, 7) is 1.03. The van der Waals surface area contributed by atoms with Crippen LogP contribution in [0.2, 0.25) is 5.02 Å². The summed E-state index contributed by atoms with van der Waals surface area (Å²) in [7, 11) is 0. The Hall–Kier alpha value is -1.83. The lowest BCUT2D eigenvalue weighted by molar-refractivity contribution is -0.126. The Morgan fingerprint density at radius 3 is 2.65 bits per heavy atom. The first-order valence-electron chi connectivity index (χ1n) is 8.39. The topological polar surface area (TPSA) is 103 Å². The number of carbonyl (C=O) groups excluding carboxylic acids is 2. The highest BCUT2D eigenvalue weighted by atomic mass is 35.5. The molecule has 0 unspecified atom stereocenters. The van der Waals surface area contributed by atoms with Crippen molar-refractivity contribution in [2.75, 3.05) is 18.4 Å². The maximum Gasteiger partial charge on any atom is 0.267 e. The molecule has 0 spiro atoms. The molecule has 0 radical (unpaired) electrons. The highest BCUT2D eigenvalue weighted by Crippen LogP contribution is 2.23. The van der Waals surface area contributed by atoms with Crippen LogP contribution in [0.5, 0.6) is 0 Å². The van der Waals surface area contributed by atoms with Crippen LogP contribution in [0, 0.1) is 5.92 Å². The molecule has 0 bridgehead atoms. The molecule has 2 amide bonds. The number of nitrogens with zero attached hydrogens (tertiary/aromatic N) is 1. The molecule has 0 saturated heterocycles. The first kappa shape index (κ1) is 22.2. The summed E-state index contributed by atoms with van der Waals surface area (Å²) in [6.07, 6.45) is 9.67. The molecule has 1 saturated carbocycles. The molecular formula is C17H24Cl2N4O3. The van der Waals surface area contributed by atoms with Gasteiger partial charge in [-0.1, -0.05) is 30.9 Å². The van der Waals surface area contributed by atoms with Crippen LogP contribution >= 0.6 is 24.0 Å². The van der Waals surface area contributed by atoms with Gasteiger partial charge in [-0.05, 0) is 30.5 Å². The molecule has 1 aliphatic rings. The minimum Gasteiger partial charge on any atom is -0.367 e. The quantitative estimate of drug-likeness (QED) is 0.243. The second-order valence-electron chi connectivity index (χ2n) is 5.96. The van der Waals surface area contributed by atoms with Crippen molar-refractivity contribution in [3.8, 4) is 0 Å². The number of amides is 2. The molecule has 0 atom stereocenters. The molecule has 144 valence electrons. The Morgan fingerprint density at radius 2 is 2.00 bits per heavy atom. The monoisotopic (exact) mass is 402 g/mol. The summed E-state index contributed by atoms with van der Waals surface area (Å²) in [5.74, 6) is 0.158. The third-order valence-electron chi connectivity index (χ3n) is 4.09. The van der Waals surface area contributed by atoms with Gasteiger partial charge in [0, 0.05) is 31.3 Å². The standard InChI is InChI=1S/C17H23ClN4O3.ClH/c18-14-10-12(6-7-15(23)22-25)11-21-16(14)19-8-9-20-17(24)13-4-2-1-3-5-13;/h6-7,10-11,13,25H,1-5,8-9H2,(H,19,21)(H,20,24)(H,22,23);1H/b7-6+;. The van der Waals surface area contributed by atoms with E-state index in [1.54, 1.807) is 12.3 Å². The van der Waals surface area contributed by atoms with Gasteiger partial charge in [-0.15, -0.1) is 12.4 Å². The Morgan fingerprint density at radius 1 is 1.27 bits per heavy atom. The van der Waals surface area contributed by atoms with E-state index in [2.05, 4.69) is 15.6 Å². The van der Waals surface area contributed by atoms with E-state index in [4.69, 9.17) is 16.8 Å². The number of rotatable bonds is 7. The first-order chi connectivity index (χ1) is 12.1. The number of pyridine rings is 1. The molecule has 1 heterocycles. The largest absolute Gasteiger partial charge is 0.367 e. The zero-order chi connectivity index (χ0) is 18.1. The smallest absolute Gasteiger partial charge is 0.267 e. The third-order valence-corrected chi connectivity index (χ3v) is 4.38. The van der Waals surface area contributed by atoms with Crippen molar-refractivity contribution in [3.05, 3.63) is 28.9 Å². The van der Waals surface area contributed by atoms with E-state index in [9.17, 15) is 9.59 Å². The van der Waals surface area contributed by atoms with Crippen LogP contribution in [0.3, 0.4) is 0 Å². The summed E-state index contributed by atoms with van der Waals surface area (Å²) in [4.78, 5) is 27.2. The van der Waals surface area contributed by atoms with Crippen molar-refractivity contribution in [2.24, 2.45) is 5.92 Å². The minimum absolute atomic E-state index is 0. The number of anilines is 1. The Balaban J connectivity index is 0.00000338. The van der Waals surface area contributed by atoms with Gasteiger partial charge in [0.05, 0.1) is 5.02 Å². The highest BCUT2D eigenvalue weighted by Gasteiger charge is 2.20. The molecule has 7 nitrogen and oxygen atoms in total. The first-order valence-corrected chi connectivity index (χ1v) is 8.77. The molecule has 1 aliphatic carbocycles. The molecule has 1 fully saturated rings. The Kier molecular flexibility index (Phi) is 10.0. The van der Waals surface area contributed by atoms with Crippen LogP contribution < -0.4 is 16.1 Å². The van der Waals surface area contributed by atoms with Gasteiger partial charge in [0.2, 0.25) is 5.91 Å². The van der Waals surface area contributed by atoms with Crippen LogP contribution in [-0.2, 0) is 9.59 Å². The van der Waals surface area contributed by atoms with Crippen molar-refractivity contribution < 1.29 is 14.8 Å². The number of hydrogen-bond donors (Lipinski definition) is 4. The van der Waals surface area contributed by atoms with Gasteiger partial charge in [-0.25, -0.2) is 10.5 Å². The highest BCUT2D eigenvalue weighted by molar-refractivity contribution is 6.33. The van der Waals surface area contributed by atoms with Gasteiger partial charge >= 0.3 is 0 Å². The maximum atomic E-state index is 12.0. The fraction of sp³-hybridized carbons (Fsp3) is 0.471. The van der Waals surface area contributed by atoms with E-state index in [0.717, 1.165) is 25.7 Å². The average molecular weight is 403 g/mol. The zero-order valence-corrected chi connectivity index (χ0v) is 15.9. The van der Waals surface area contributed by atoms with Gasteiger partial charge in [-0.3, -0.25) is 14.8 Å². The van der Waals surface area contributed by atoms with Crippen LogP contribution in [0.4, 0.5) is 5.82 Å². The molecule has 1 aromatic heterocycles. The predicted octanol–water partition coefficient (Wildman–Crippen LogP) is 2.78. The second-order valence-corrected chi connectivity index (χ2v) is 6.37. The lowest BCUT2D eigenvalue weighted by Crippen LogP contribution is -2.35. The van der Waals surface area contributed by atoms with Crippen molar-refractivity contribution in [1.82, 2.24) is 15.8 Å². The number of halogens is 2. The van der Waals surface area contributed by atoms with E-state index in [0.29, 0.717) is 29.5 Å². The number of hydrogen-bond acceptors (Lipinski definition) is 5. The molecule has 26 heavy (non-hydrogen) atoms. The van der Waals surface area contributed by atoms with E-state index in [1.165, 1.54) is 24.1 Å². The van der Waals surface area contributed by atoms with E-state index >= 15 is 0 Å². The average Bonchev–Trinajstić information content (AvgIpc) is 2.65. The van der Waals surface area contributed by atoms with E-state index < -0.39 is 5.91 Å².